The second-order valence-electron chi connectivity index (χ2n) is 6.40. The van der Waals surface area contributed by atoms with Crippen LogP contribution >= 0.6 is 12.2 Å². The van der Waals surface area contributed by atoms with Crippen molar-refractivity contribution in [2.75, 3.05) is 0 Å². The van der Waals surface area contributed by atoms with Crippen LogP contribution in [0.1, 0.15) is 5.56 Å². The van der Waals surface area contributed by atoms with Gasteiger partial charge in [0.1, 0.15) is 0 Å². The molecule has 0 unspecified atom stereocenters. The van der Waals surface area contributed by atoms with Crippen LogP contribution in [0.15, 0.2) is 67.0 Å². The normalized spacial score (nSPS) is 11.9. The van der Waals surface area contributed by atoms with Crippen LogP contribution in [0.5, 0.6) is 0 Å². The molecule has 3 heteroatoms. The summed E-state index contributed by atoms with van der Waals surface area (Å²) in [6, 6.07) is 19.9. The van der Waals surface area contributed by atoms with Gasteiger partial charge in [-0.25, -0.2) is 0 Å². The predicted molar refractivity (Wildman–Crippen MR) is 103 cm³/mol. The molecule has 2 nitrogen and oxygen atoms in total. The summed E-state index contributed by atoms with van der Waals surface area (Å²) in [5, 5.41) is 7.96. The first kappa shape index (κ1) is 13.8. The smallest absolute Gasteiger partial charge is 0.179 e. The Morgan fingerprint density at radius 2 is 1.54 bits per heavy atom. The van der Waals surface area contributed by atoms with Gasteiger partial charge in [-0.3, -0.25) is 0 Å². The summed E-state index contributed by atoms with van der Waals surface area (Å²) in [7, 11) is 1.99. The topological polar surface area (TPSA) is 9.86 Å². The van der Waals surface area contributed by atoms with E-state index in [1.54, 1.807) is 0 Å². The van der Waals surface area contributed by atoms with Gasteiger partial charge in [-0.1, -0.05) is 48.5 Å². The first-order valence-corrected chi connectivity index (χ1v) is 8.50. The van der Waals surface area contributed by atoms with E-state index in [1.165, 1.54) is 37.9 Å². The minimum atomic E-state index is 0.795. The Morgan fingerprint density at radius 1 is 0.833 bits per heavy atom. The first-order chi connectivity index (χ1) is 11.7. The zero-order valence-corrected chi connectivity index (χ0v) is 14.2. The zero-order valence-electron chi connectivity index (χ0n) is 13.4. The van der Waals surface area contributed by atoms with Crippen molar-refractivity contribution in [3.63, 3.8) is 0 Å². The van der Waals surface area contributed by atoms with E-state index in [9.17, 15) is 0 Å². The van der Waals surface area contributed by atoms with Gasteiger partial charge in [0.05, 0.1) is 6.54 Å². The summed E-state index contributed by atoms with van der Waals surface area (Å²) >= 11 is 5.52. The third-order valence-corrected chi connectivity index (χ3v) is 5.47. The standard InChI is InChI=1S/C21H16N2S/c1-22-10-11-23(21(22)24)13-17-12-16-6-2-4-14-8-9-15-5-3-7-18(17)20(15)19(14)16/h2-12H,13H2,1H3. The highest BCUT2D eigenvalue weighted by Crippen LogP contribution is 2.36. The lowest BCUT2D eigenvalue weighted by molar-refractivity contribution is 0.751. The third kappa shape index (κ3) is 1.85. The number of aromatic nitrogens is 2. The van der Waals surface area contributed by atoms with E-state index >= 15 is 0 Å². The first-order valence-electron chi connectivity index (χ1n) is 8.09. The fourth-order valence-corrected chi connectivity index (χ4v) is 3.97. The van der Waals surface area contributed by atoms with Crippen molar-refractivity contribution in [3.05, 3.63) is 77.3 Å². The number of benzene rings is 4. The Balaban J connectivity index is 1.88. The molecule has 5 aromatic rings. The molecule has 0 bridgehead atoms. The van der Waals surface area contributed by atoms with Gasteiger partial charge in [-0.2, -0.15) is 0 Å². The van der Waals surface area contributed by atoms with Crippen LogP contribution in [0.4, 0.5) is 0 Å². The summed E-state index contributed by atoms with van der Waals surface area (Å²) in [4.78, 5) is 0. The van der Waals surface area contributed by atoms with Crippen LogP contribution in [-0.4, -0.2) is 9.13 Å². The Hall–Kier alpha value is -2.65. The SMILES string of the molecule is Cn1ccn(Cc2cc3cccc4ccc5cccc2c5c43)c1=S. The van der Waals surface area contributed by atoms with E-state index in [0.29, 0.717) is 0 Å². The average molecular weight is 328 g/mol. The summed E-state index contributed by atoms with van der Waals surface area (Å²) in [6.45, 7) is 0.795. The molecule has 0 aliphatic heterocycles. The van der Waals surface area contributed by atoms with Crippen LogP contribution in [0.3, 0.4) is 0 Å². The third-order valence-electron chi connectivity index (χ3n) is 4.95. The van der Waals surface area contributed by atoms with Crippen molar-refractivity contribution < 1.29 is 0 Å². The Kier molecular flexibility index (Phi) is 2.82. The van der Waals surface area contributed by atoms with Gasteiger partial charge in [0.2, 0.25) is 0 Å². The molecule has 0 amide bonds. The molecule has 1 heterocycles. The highest BCUT2D eigenvalue weighted by Gasteiger charge is 2.12. The molecule has 116 valence electrons. The van der Waals surface area contributed by atoms with Gasteiger partial charge in [-0.15, -0.1) is 0 Å². The molecule has 0 spiro atoms. The van der Waals surface area contributed by atoms with Crippen LogP contribution in [0, 0.1) is 4.77 Å². The summed E-state index contributed by atoms with van der Waals surface area (Å²) in [5.41, 5.74) is 1.31. The lowest BCUT2D eigenvalue weighted by Gasteiger charge is -2.15. The highest BCUT2D eigenvalue weighted by atomic mass is 32.1. The van der Waals surface area contributed by atoms with Gasteiger partial charge < -0.3 is 9.13 Å². The number of hydrogen-bond acceptors (Lipinski definition) is 1. The summed E-state index contributed by atoms with van der Waals surface area (Å²) in [5.74, 6) is 0. The van der Waals surface area contributed by atoms with Crippen molar-refractivity contribution >= 4 is 44.5 Å². The highest BCUT2D eigenvalue weighted by molar-refractivity contribution is 7.71. The molecular formula is C21H16N2S. The van der Waals surface area contributed by atoms with Gasteiger partial charge >= 0.3 is 0 Å². The molecule has 0 saturated carbocycles. The van der Waals surface area contributed by atoms with Crippen LogP contribution in [0.25, 0.3) is 32.3 Å². The number of rotatable bonds is 2. The van der Waals surface area contributed by atoms with E-state index in [4.69, 9.17) is 12.2 Å². The molecule has 5 rings (SSSR count). The van der Waals surface area contributed by atoms with Crippen LogP contribution in [0.2, 0.25) is 0 Å². The van der Waals surface area contributed by atoms with Gasteiger partial charge in [0, 0.05) is 19.4 Å². The minimum absolute atomic E-state index is 0.795. The molecule has 0 radical (unpaired) electrons. The van der Waals surface area contributed by atoms with Gasteiger partial charge in [-0.05, 0) is 56.2 Å². The lowest BCUT2D eigenvalue weighted by Crippen LogP contribution is -2.01. The quantitative estimate of drug-likeness (QED) is 0.307. The maximum absolute atomic E-state index is 5.52. The second-order valence-corrected chi connectivity index (χ2v) is 6.77. The maximum Gasteiger partial charge on any atom is 0.179 e. The molecule has 0 fully saturated rings. The molecule has 0 saturated heterocycles. The van der Waals surface area contributed by atoms with E-state index in [-0.39, 0.29) is 0 Å². The van der Waals surface area contributed by atoms with E-state index in [2.05, 4.69) is 65.4 Å². The Morgan fingerprint density at radius 3 is 2.29 bits per heavy atom. The van der Waals surface area contributed by atoms with E-state index in [1.807, 2.05) is 17.8 Å². The van der Waals surface area contributed by atoms with Gasteiger partial charge in [0.25, 0.3) is 0 Å². The summed E-state index contributed by atoms with van der Waals surface area (Å²) in [6.07, 6.45) is 4.07. The van der Waals surface area contributed by atoms with Crippen molar-refractivity contribution in [2.45, 2.75) is 6.54 Å². The monoisotopic (exact) mass is 328 g/mol. The molecule has 1 aromatic heterocycles. The molecule has 0 aliphatic rings. The maximum atomic E-state index is 5.52. The molecule has 24 heavy (non-hydrogen) atoms. The largest absolute Gasteiger partial charge is 0.327 e. The van der Waals surface area contributed by atoms with Crippen molar-refractivity contribution in [3.8, 4) is 0 Å². The fraction of sp³-hybridized carbons (Fsp3) is 0.0952. The molecule has 0 atom stereocenters. The molecule has 4 aromatic carbocycles. The minimum Gasteiger partial charge on any atom is -0.327 e. The number of aryl methyl sites for hydroxylation is 1. The van der Waals surface area contributed by atoms with Crippen molar-refractivity contribution in [1.29, 1.82) is 0 Å². The van der Waals surface area contributed by atoms with E-state index in [0.717, 1.165) is 11.3 Å². The Bertz CT molecular complexity index is 1260. The molecule has 0 N–H and O–H groups in total. The fourth-order valence-electron chi connectivity index (χ4n) is 3.78. The second kappa shape index (κ2) is 4.92. The van der Waals surface area contributed by atoms with Crippen molar-refractivity contribution in [2.24, 2.45) is 7.05 Å². The Labute approximate surface area is 144 Å². The molecule has 0 aliphatic carbocycles. The number of nitrogens with zero attached hydrogens (tertiary/aromatic N) is 2. The summed E-state index contributed by atoms with van der Waals surface area (Å²) < 4.78 is 4.96. The van der Waals surface area contributed by atoms with Gasteiger partial charge in [0.15, 0.2) is 4.77 Å². The van der Waals surface area contributed by atoms with Crippen LogP contribution < -0.4 is 0 Å². The predicted octanol–water partition coefficient (Wildman–Crippen LogP) is 5.50. The number of hydrogen-bond donors (Lipinski definition) is 0. The van der Waals surface area contributed by atoms with Crippen LogP contribution in [-0.2, 0) is 13.6 Å². The van der Waals surface area contributed by atoms with Crippen molar-refractivity contribution in [1.82, 2.24) is 9.13 Å². The zero-order chi connectivity index (χ0) is 16.3. The lowest BCUT2D eigenvalue weighted by atomic mass is 9.91. The molecular weight excluding hydrogens is 312 g/mol. The number of imidazole rings is 1. The van der Waals surface area contributed by atoms with E-state index < -0.39 is 0 Å². The average Bonchev–Trinajstić information content (AvgIpc) is 2.92.